The predicted molar refractivity (Wildman–Crippen MR) is 104 cm³/mol. The van der Waals surface area contributed by atoms with Crippen molar-refractivity contribution in [3.63, 3.8) is 0 Å². The molecule has 0 saturated carbocycles. The van der Waals surface area contributed by atoms with E-state index in [1.807, 2.05) is 29.2 Å². The van der Waals surface area contributed by atoms with Crippen molar-refractivity contribution >= 4 is 11.3 Å². The summed E-state index contributed by atoms with van der Waals surface area (Å²) in [5.41, 5.74) is 2.11. The molecule has 2 aromatic heterocycles. The van der Waals surface area contributed by atoms with Crippen molar-refractivity contribution in [1.82, 2.24) is 14.7 Å². The predicted octanol–water partition coefficient (Wildman–Crippen LogP) is 3.91. The summed E-state index contributed by atoms with van der Waals surface area (Å²) in [6.45, 7) is 6.24. The molecule has 0 aliphatic carbocycles. The number of ether oxygens (including phenoxy) is 1. The third-order valence-electron chi connectivity index (χ3n) is 4.64. The van der Waals surface area contributed by atoms with Gasteiger partial charge in [-0.15, -0.1) is 11.3 Å². The van der Waals surface area contributed by atoms with E-state index >= 15 is 0 Å². The summed E-state index contributed by atoms with van der Waals surface area (Å²) < 4.78 is 7.82. The molecule has 1 aliphatic rings. The molecule has 4 rings (SSSR count). The highest BCUT2D eigenvalue weighted by molar-refractivity contribution is 7.15. The average molecular weight is 369 g/mol. The summed E-state index contributed by atoms with van der Waals surface area (Å²) in [7, 11) is 0. The van der Waals surface area contributed by atoms with Gasteiger partial charge < -0.3 is 9.84 Å². The lowest BCUT2D eigenvalue weighted by atomic mass is 10.1. The van der Waals surface area contributed by atoms with Crippen molar-refractivity contribution in [3.05, 3.63) is 53.2 Å². The molecule has 136 valence electrons. The Kier molecular flexibility index (Phi) is 4.95. The first-order valence-electron chi connectivity index (χ1n) is 8.94. The number of aryl methyl sites for hydroxylation is 2. The van der Waals surface area contributed by atoms with Crippen LogP contribution in [0.1, 0.15) is 16.9 Å². The summed E-state index contributed by atoms with van der Waals surface area (Å²) in [5.74, 6) is 0.874. The van der Waals surface area contributed by atoms with Crippen LogP contribution in [0.5, 0.6) is 11.5 Å². The number of phenols is 1. The van der Waals surface area contributed by atoms with Gasteiger partial charge in [0.25, 0.3) is 0 Å². The van der Waals surface area contributed by atoms with Gasteiger partial charge in [-0.05, 0) is 49.2 Å². The Hall–Kier alpha value is -2.31. The Balaban J connectivity index is 1.50. The first kappa shape index (κ1) is 17.1. The molecule has 1 N–H and O–H groups in total. The molecular weight excluding hydrogens is 346 g/mol. The van der Waals surface area contributed by atoms with E-state index in [1.54, 1.807) is 11.3 Å². The highest BCUT2D eigenvalue weighted by Crippen LogP contribution is 2.39. The molecule has 1 aliphatic heterocycles. The molecule has 5 nitrogen and oxygen atoms in total. The van der Waals surface area contributed by atoms with Crippen LogP contribution in [0.2, 0.25) is 0 Å². The summed E-state index contributed by atoms with van der Waals surface area (Å²) in [4.78, 5) is 4.83. The van der Waals surface area contributed by atoms with Gasteiger partial charge in [0.05, 0.1) is 0 Å². The minimum absolute atomic E-state index is 0.238. The second-order valence-electron chi connectivity index (χ2n) is 6.64. The number of rotatable bonds is 5. The minimum Gasteiger partial charge on any atom is -0.504 e. The largest absolute Gasteiger partial charge is 0.504 e. The molecule has 1 aromatic carbocycles. The van der Waals surface area contributed by atoms with Crippen LogP contribution in [0, 0.1) is 6.92 Å². The molecule has 26 heavy (non-hydrogen) atoms. The van der Waals surface area contributed by atoms with Gasteiger partial charge in [0.2, 0.25) is 0 Å². The molecule has 3 aromatic rings. The van der Waals surface area contributed by atoms with Crippen LogP contribution in [0.3, 0.4) is 0 Å². The highest BCUT2D eigenvalue weighted by atomic mass is 32.1. The number of aromatic nitrogens is 2. The zero-order valence-electron chi connectivity index (χ0n) is 14.9. The van der Waals surface area contributed by atoms with Gasteiger partial charge in [-0.2, -0.15) is 5.10 Å². The SMILES string of the molecule is Cc1ccc(-c2cc(O)c3c(c2)CN(CCCn2cccn2)CCO3)s1. The van der Waals surface area contributed by atoms with Crippen LogP contribution >= 0.6 is 11.3 Å². The van der Waals surface area contributed by atoms with Crippen LogP contribution in [0.15, 0.2) is 42.7 Å². The van der Waals surface area contributed by atoms with Crippen molar-refractivity contribution in [1.29, 1.82) is 0 Å². The molecular formula is C20H23N3O2S. The quantitative estimate of drug-likeness (QED) is 0.741. The maximum atomic E-state index is 10.5. The number of nitrogens with zero attached hydrogens (tertiary/aromatic N) is 3. The van der Waals surface area contributed by atoms with E-state index in [0.29, 0.717) is 12.4 Å². The van der Waals surface area contributed by atoms with E-state index in [2.05, 4.69) is 35.1 Å². The smallest absolute Gasteiger partial charge is 0.165 e. The number of hydrogen-bond acceptors (Lipinski definition) is 5. The lowest BCUT2D eigenvalue weighted by Crippen LogP contribution is -2.27. The maximum absolute atomic E-state index is 10.5. The number of thiophene rings is 1. The maximum Gasteiger partial charge on any atom is 0.165 e. The van der Waals surface area contributed by atoms with Gasteiger partial charge in [0, 0.05) is 53.9 Å². The van der Waals surface area contributed by atoms with E-state index in [1.165, 1.54) is 9.75 Å². The Labute approximate surface area is 157 Å². The zero-order chi connectivity index (χ0) is 17.9. The number of fused-ring (bicyclic) bond motifs is 1. The normalized spacial score (nSPS) is 14.7. The molecule has 0 spiro atoms. The molecule has 0 unspecified atom stereocenters. The highest BCUT2D eigenvalue weighted by Gasteiger charge is 2.20. The Bertz CT molecular complexity index is 873. The van der Waals surface area contributed by atoms with E-state index in [4.69, 9.17) is 4.74 Å². The van der Waals surface area contributed by atoms with Crippen LogP contribution in [0.25, 0.3) is 10.4 Å². The molecule has 0 atom stereocenters. The first-order chi connectivity index (χ1) is 12.7. The fourth-order valence-electron chi connectivity index (χ4n) is 3.36. The van der Waals surface area contributed by atoms with Gasteiger partial charge in [0.1, 0.15) is 6.61 Å². The molecule has 0 amide bonds. The monoisotopic (exact) mass is 369 g/mol. The summed E-state index contributed by atoms with van der Waals surface area (Å²) in [6.07, 6.45) is 4.84. The van der Waals surface area contributed by atoms with Crippen molar-refractivity contribution in [2.75, 3.05) is 19.7 Å². The number of hydrogen-bond donors (Lipinski definition) is 1. The van der Waals surface area contributed by atoms with Gasteiger partial charge in [0.15, 0.2) is 11.5 Å². The fraction of sp³-hybridized carbons (Fsp3) is 0.350. The van der Waals surface area contributed by atoms with Crippen molar-refractivity contribution in [2.45, 2.75) is 26.4 Å². The van der Waals surface area contributed by atoms with Gasteiger partial charge in [-0.25, -0.2) is 0 Å². The molecule has 0 fully saturated rings. The summed E-state index contributed by atoms with van der Waals surface area (Å²) >= 11 is 1.74. The Morgan fingerprint density at radius 2 is 2.19 bits per heavy atom. The van der Waals surface area contributed by atoms with E-state index in [-0.39, 0.29) is 5.75 Å². The van der Waals surface area contributed by atoms with Gasteiger partial charge >= 0.3 is 0 Å². The summed E-state index contributed by atoms with van der Waals surface area (Å²) in [5, 5.41) is 14.7. The lowest BCUT2D eigenvalue weighted by Gasteiger charge is -2.19. The first-order valence-corrected chi connectivity index (χ1v) is 9.76. The number of benzene rings is 1. The lowest BCUT2D eigenvalue weighted by molar-refractivity contribution is 0.218. The van der Waals surface area contributed by atoms with Crippen molar-refractivity contribution < 1.29 is 9.84 Å². The second-order valence-corrected chi connectivity index (χ2v) is 7.93. The third kappa shape index (κ3) is 3.76. The van der Waals surface area contributed by atoms with Gasteiger partial charge in [-0.1, -0.05) is 0 Å². The van der Waals surface area contributed by atoms with Gasteiger partial charge in [-0.3, -0.25) is 9.58 Å². The number of phenolic OH excluding ortho intramolecular Hbond substituents is 1. The molecule has 3 heterocycles. The Morgan fingerprint density at radius 1 is 1.27 bits per heavy atom. The van der Waals surface area contributed by atoms with E-state index < -0.39 is 0 Å². The van der Waals surface area contributed by atoms with Crippen LogP contribution in [0.4, 0.5) is 0 Å². The molecule has 6 heteroatoms. The third-order valence-corrected chi connectivity index (χ3v) is 5.69. The average Bonchev–Trinajstić information content (AvgIpc) is 3.23. The fourth-order valence-corrected chi connectivity index (χ4v) is 4.22. The molecule has 0 saturated heterocycles. The van der Waals surface area contributed by atoms with Crippen LogP contribution in [-0.4, -0.2) is 39.5 Å². The van der Waals surface area contributed by atoms with E-state index in [9.17, 15) is 5.11 Å². The topological polar surface area (TPSA) is 50.5 Å². The zero-order valence-corrected chi connectivity index (χ0v) is 15.7. The molecule has 0 radical (unpaired) electrons. The standard InChI is InChI=1S/C20H23N3O2S/c1-15-4-5-19(26-15)16-12-17-14-22(7-3-9-23-8-2-6-21-23)10-11-25-20(17)18(24)13-16/h2,4-6,8,12-13,24H,3,7,9-11,14H2,1H3. The number of aromatic hydroxyl groups is 1. The summed E-state index contributed by atoms with van der Waals surface area (Å²) in [6, 6.07) is 10.2. The Morgan fingerprint density at radius 3 is 2.96 bits per heavy atom. The van der Waals surface area contributed by atoms with Crippen molar-refractivity contribution in [3.8, 4) is 21.9 Å². The minimum atomic E-state index is 0.238. The van der Waals surface area contributed by atoms with Crippen LogP contribution in [-0.2, 0) is 13.1 Å². The van der Waals surface area contributed by atoms with Crippen LogP contribution < -0.4 is 4.74 Å². The van der Waals surface area contributed by atoms with E-state index in [0.717, 1.165) is 43.7 Å². The molecule has 0 bridgehead atoms. The van der Waals surface area contributed by atoms with Crippen molar-refractivity contribution in [2.24, 2.45) is 0 Å². The second kappa shape index (κ2) is 7.51.